The zero-order valence-corrected chi connectivity index (χ0v) is 16.9. The zero-order valence-electron chi connectivity index (χ0n) is 16.9. The molecule has 2 N–H and O–H groups in total. The molecular weight excluding hydrogens is 360 g/mol. The SMILES string of the molecule is CCOc1ccccc1C(CC(=O)N(C)C1(C(=O)O)CCCCC1)NC(C)=O. The fourth-order valence-corrected chi connectivity index (χ4v) is 3.92. The van der Waals surface area contributed by atoms with Gasteiger partial charge in [0, 0.05) is 19.5 Å². The second kappa shape index (κ2) is 9.57. The van der Waals surface area contributed by atoms with E-state index in [1.165, 1.54) is 11.8 Å². The van der Waals surface area contributed by atoms with Crippen molar-refractivity contribution in [1.82, 2.24) is 10.2 Å². The number of hydrogen-bond acceptors (Lipinski definition) is 4. The highest BCUT2D eigenvalue weighted by Crippen LogP contribution is 2.35. The van der Waals surface area contributed by atoms with E-state index in [1.807, 2.05) is 25.1 Å². The van der Waals surface area contributed by atoms with Crippen LogP contribution in [0.15, 0.2) is 24.3 Å². The molecule has 2 rings (SSSR count). The molecule has 1 atom stereocenters. The maximum absolute atomic E-state index is 13.1. The summed E-state index contributed by atoms with van der Waals surface area (Å²) in [5.74, 6) is -0.939. The fourth-order valence-electron chi connectivity index (χ4n) is 3.92. The van der Waals surface area contributed by atoms with Crippen LogP contribution < -0.4 is 10.1 Å². The predicted octanol–water partition coefficient (Wildman–Crippen LogP) is 2.90. The Kier molecular flexibility index (Phi) is 7.43. The van der Waals surface area contributed by atoms with Crippen LogP contribution in [-0.2, 0) is 14.4 Å². The summed E-state index contributed by atoms with van der Waals surface area (Å²) in [6.07, 6.45) is 3.41. The lowest BCUT2D eigenvalue weighted by molar-refractivity contribution is -0.160. The number of rotatable bonds is 8. The van der Waals surface area contributed by atoms with Crippen molar-refractivity contribution in [2.45, 2.75) is 64.0 Å². The molecule has 1 aliphatic carbocycles. The number of carbonyl (C=O) groups excluding carboxylic acids is 2. The van der Waals surface area contributed by atoms with Gasteiger partial charge >= 0.3 is 5.97 Å². The van der Waals surface area contributed by atoms with E-state index >= 15 is 0 Å². The van der Waals surface area contributed by atoms with Crippen LogP contribution in [0.3, 0.4) is 0 Å². The van der Waals surface area contributed by atoms with E-state index in [4.69, 9.17) is 4.74 Å². The molecule has 1 aromatic carbocycles. The monoisotopic (exact) mass is 390 g/mol. The van der Waals surface area contributed by atoms with E-state index in [0.29, 0.717) is 30.8 Å². The lowest BCUT2D eigenvalue weighted by Crippen LogP contribution is -2.56. The van der Waals surface area contributed by atoms with Crippen LogP contribution in [0.4, 0.5) is 0 Å². The highest BCUT2D eigenvalue weighted by molar-refractivity contribution is 5.87. The third kappa shape index (κ3) is 4.82. The van der Waals surface area contributed by atoms with Gasteiger partial charge < -0.3 is 20.1 Å². The van der Waals surface area contributed by atoms with Crippen LogP contribution in [0.25, 0.3) is 0 Å². The number of nitrogens with one attached hydrogen (secondary N) is 1. The van der Waals surface area contributed by atoms with Gasteiger partial charge in [-0.2, -0.15) is 0 Å². The summed E-state index contributed by atoms with van der Waals surface area (Å²) in [6.45, 7) is 3.72. The number of amides is 2. The Morgan fingerprint density at radius 3 is 2.43 bits per heavy atom. The van der Waals surface area contributed by atoms with Crippen LogP contribution in [0.1, 0.15) is 64.0 Å². The summed E-state index contributed by atoms with van der Waals surface area (Å²) >= 11 is 0. The van der Waals surface area contributed by atoms with Crippen molar-refractivity contribution in [3.63, 3.8) is 0 Å². The number of hydrogen-bond donors (Lipinski definition) is 2. The number of nitrogens with zero attached hydrogens (tertiary/aromatic N) is 1. The first kappa shape index (κ1) is 21.7. The number of ether oxygens (including phenoxy) is 1. The summed E-state index contributed by atoms with van der Waals surface area (Å²) in [6, 6.07) is 6.66. The van der Waals surface area contributed by atoms with Crippen LogP contribution >= 0.6 is 0 Å². The van der Waals surface area contributed by atoms with E-state index < -0.39 is 17.6 Å². The molecular formula is C21H30N2O5. The summed E-state index contributed by atoms with van der Waals surface area (Å²) in [7, 11) is 1.56. The van der Waals surface area contributed by atoms with E-state index in [9.17, 15) is 19.5 Å². The normalized spacial score (nSPS) is 16.7. The quantitative estimate of drug-likeness (QED) is 0.711. The molecule has 7 heteroatoms. The molecule has 0 saturated heterocycles. The lowest BCUT2D eigenvalue weighted by Gasteiger charge is -2.41. The third-order valence-electron chi connectivity index (χ3n) is 5.45. The number of para-hydroxylation sites is 1. The zero-order chi connectivity index (χ0) is 20.7. The van der Waals surface area contributed by atoms with Crippen molar-refractivity contribution >= 4 is 17.8 Å². The first-order valence-electron chi connectivity index (χ1n) is 9.80. The standard InChI is InChI=1S/C21H30N2O5/c1-4-28-18-11-7-6-10-16(18)17(22-15(2)24)14-19(25)23(3)21(20(26)27)12-8-5-9-13-21/h6-7,10-11,17H,4-5,8-9,12-14H2,1-3H3,(H,22,24)(H,26,27). The van der Waals surface area contributed by atoms with Crippen LogP contribution in [-0.4, -0.2) is 47.0 Å². The minimum absolute atomic E-state index is 0.0325. The molecule has 28 heavy (non-hydrogen) atoms. The van der Waals surface area contributed by atoms with Gasteiger partial charge in [-0.1, -0.05) is 37.5 Å². The van der Waals surface area contributed by atoms with Gasteiger partial charge in [-0.25, -0.2) is 4.79 Å². The van der Waals surface area contributed by atoms with Gasteiger partial charge in [-0.15, -0.1) is 0 Å². The summed E-state index contributed by atoms with van der Waals surface area (Å²) in [5.41, 5.74) is -0.468. The molecule has 1 fully saturated rings. The molecule has 0 heterocycles. The van der Waals surface area contributed by atoms with Crippen molar-refractivity contribution < 1.29 is 24.2 Å². The molecule has 1 unspecified atom stereocenters. The molecule has 0 radical (unpaired) electrons. The molecule has 0 bridgehead atoms. The number of benzene rings is 1. The van der Waals surface area contributed by atoms with Gasteiger partial charge in [0.25, 0.3) is 0 Å². The molecule has 2 amide bonds. The summed E-state index contributed by atoms with van der Waals surface area (Å²) in [4.78, 5) is 38.2. The first-order chi connectivity index (χ1) is 13.3. The van der Waals surface area contributed by atoms with E-state index in [2.05, 4.69) is 5.32 Å². The van der Waals surface area contributed by atoms with Crippen molar-refractivity contribution in [3.8, 4) is 5.75 Å². The van der Waals surface area contributed by atoms with Gasteiger partial charge in [0.05, 0.1) is 19.1 Å². The highest BCUT2D eigenvalue weighted by Gasteiger charge is 2.45. The molecule has 0 aliphatic heterocycles. The van der Waals surface area contributed by atoms with Crippen molar-refractivity contribution in [3.05, 3.63) is 29.8 Å². The van der Waals surface area contributed by atoms with Crippen molar-refractivity contribution in [2.24, 2.45) is 0 Å². The van der Waals surface area contributed by atoms with E-state index in [0.717, 1.165) is 19.3 Å². The van der Waals surface area contributed by atoms with Crippen LogP contribution in [0.2, 0.25) is 0 Å². The maximum Gasteiger partial charge on any atom is 0.329 e. The third-order valence-corrected chi connectivity index (χ3v) is 5.45. The number of likely N-dealkylation sites (N-methyl/N-ethyl adjacent to an activating group) is 1. The summed E-state index contributed by atoms with van der Waals surface area (Å²) in [5, 5.41) is 12.6. The smallest absolute Gasteiger partial charge is 0.329 e. The first-order valence-corrected chi connectivity index (χ1v) is 9.80. The minimum Gasteiger partial charge on any atom is -0.494 e. The molecule has 7 nitrogen and oxygen atoms in total. The molecule has 1 saturated carbocycles. The molecule has 1 aliphatic rings. The Balaban J connectivity index is 2.28. The second-order valence-electron chi connectivity index (χ2n) is 7.28. The van der Waals surface area contributed by atoms with E-state index in [1.54, 1.807) is 13.1 Å². The number of carboxylic acid groups (broad SMARTS) is 1. The van der Waals surface area contributed by atoms with E-state index in [-0.39, 0.29) is 18.2 Å². The Labute approximate surface area is 166 Å². The molecule has 0 aromatic heterocycles. The minimum atomic E-state index is -1.17. The highest BCUT2D eigenvalue weighted by atomic mass is 16.5. The average Bonchev–Trinajstić information content (AvgIpc) is 2.67. The number of carbonyl (C=O) groups is 3. The Bertz CT molecular complexity index is 713. The molecule has 0 spiro atoms. The van der Waals surface area contributed by atoms with Gasteiger partial charge in [0.2, 0.25) is 11.8 Å². The van der Waals surface area contributed by atoms with Gasteiger partial charge in [-0.3, -0.25) is 9.59 Å². The largest absolute Gasteiger partial charge is 0.494 e. The van der Waals surface area contributed by atoms with Gasteiger partial charge in [-0.05, 0) is 25.8 Å². The Morgan fingerprint density at radius 1 is 1.21 bits per heavy atom. The topological polar surface area (TPSA) is 95.9 Å². The maximum atomic E-state index is 13.1. The van der Waals surface area contributed by atoms with Crippen LogP contribution in [0.5, 0.6) is 5.75 Å². The molecule has 154 valence electrons. The van der Waals surface area contributed by atoms with Crippen LogP contribution in [0, 0.1) is 0 Å². The Morgan fingerprint density at radius 2 is 1.86 bits per heavy atom. The van der Waals surface area contributed by atoms with Crippen molar-refractivity contribution in [1.29, 1.82) is 0 Å². The predicted molar refractivity (Wildman–Crippen MR) is 105 cm³/mol. The van der Waals surface area contributed by atoms with Gasteiger partial charge in [0.1, 0.15) is 11.3 Å². The Hall–Kier alpha value is -2.57. The van der Waals surface area contributed by atoms with Crippen molar-refractivity contribution in [2.75, 3.05) is 13.7 Å². The summed E-state index contributed by atoms with van der Waals surface area (Å²) < 4.78 is 5.65. The van der Waals surface area contributed by atoms with Gasteiger partial charge in [0.15, 0.2) is 0 Å². The molecule has 1 aromatic rings. The fraction of sp³-hybridized carbons (Fsp3) is 0.571. The number of aliphatic carboxylic acids is 1. The average molecular weight is 390 g/mol. The number of carboxylic acids is 1. The lowest BCUT2D eigenvalue weighted by atomic mass is 9.80. The second-order valence-corrected chi connectivity index (χ2v) is 7.28.